The zero-order valence-electron chi connectivity index (χ0n) is 15.6. The highest BCUT2D eigenvalue weighted by atomic mass is 16.5. The molecule has 1 aliphatic heterocycles. The maximum Gasteiger partial charge on any atom is 0.232 e. The second-order valence-corrected chi connectivity index (χ2v) is 5.83. The van der Waals surface area contributed by atoms with Crippen LogP contribution in [0.2, 0.25) is 0 Å². The van der Waals surface area contributed by atoms with Gasteiger partial charge in [-0.1, -0.05) is 6.58 Å². The van der Waals surface area contributed by atoms with Crippen LogP contribution in [0.3, 0.4) is 0 Å². The lowest BCUT2D eigenvalue weighted by Gasteiger charge is -2.17. The second kappa shape index (κ2) is 11.1. The van der Waals surface area contributed by atoms with Crippen molar-refractivity contribution < 1.29 is 9.53 Å². The first-order valence-corrected chi connectivity index (χ1v) is 8.63. The summed E-state index contributed by atoms with van der Waals surface area (Å²) in [4.78, 5) is 26.2. The number of rotatable bonds is 7. The van der Waals surface area contributed by atoms with E-state index in [-0.39, 0.29) is 11.7 Å². The SMILES string of the molecule is C=C(C=O)CCCOc1cnc(C#N)cn1.CN1N=CCC1c1cnccn1. The molecule has 1 unspecified atom stereocenters. The highest BCUT2D eigenvalue weighted by Gasteiger charge is 2.19. The number of nitrogens with zero attached hydrogens (tertiary/aromatic N) is 7. The molecule has 0 fully saturated rings. The summed E-state index contributed by atoms with van der Waals surface area (Å²) in [5.74, 6) is 0.371. The Morgan fingerprint density at radius 3 is 2.79 bits per heavy atom. The van der Waals surface area contributed by atoms with E-state index in [4.69, 9.17) is 10.00 Å². The lowest BCUT2D eigenvalue weighted by atomic mass is 10.2. The van der Waals surface area contributed by atoms with Gasteiger partial charge in [-0.05, 0) is 18.4 Å². The average Bonchev–Trinajstić information content (AvgIpc) is 3.18. The Bertz CT molecular complexity index is 832. The molecule has 0 N–H and O–H groups in total. The molecule has 0 aromatic carbocycles. The van der Waals surface area contributed by atoms with Crippen molar-refractivity contribution in [2.45, 2.75) is 25.3 Å². The highest BCUT2D eigenvalue weighted by molar-refractivity contribution is 5.71. The maximum absolute atomic E-state index is 10.2. The van der Waals surface area contributed by atoms with Crippen molar-refractivity contribution in [3.8, 4) is 11.9 Å². The Kier molecular flexibility index (Phi) is 8.20. The molecule has 144 valence electrons. The Morgan fingerprint density at radius 1 is 1.36 bits per heavy atom. The van der Waals surface area contributed by atoms with Gasteiger partial charge in [-0.3, -0.25) is 19.8 Å². The van der Waals surface area contributed by atoms with Crippen LogP contribution in [0.1, 0.15) is 36.7 Å². The van der Waals surface area contributed by atoms with Gasteiger partial charge >= 0.3 is 0 Å². The fraction of sp³-hybridized carbons (Fsp3) is 0.316. The Hall–Kier alpha value is -3.67. The lowest BCUT2D eigenvalue weighted by molar-refractivity contribution is -0.105. The van der Waals surface area contributed by atoms with E-state index >= 15 is 0 Å². The third-order valence-electron chi connectivity index (χ3n) is 3.77. The van der Waals surface area contributed by atoms with Crippen molar-refractivity contribution >= 4 is 12.5 Å². The van der Waals surface area contributed by atoms with E-state index in [0.717, 1.165) is 18.4 Å². The summed E-state index contributed by atoms with van der Waals surface area (Å²) in [6, 6.07) is 2.14. The molecule has 3 rings (SSSR count). The van der Waals surface area contributed by atoms with E-state index in [0.29, 0.717) is 30.9 Å². The van der Waals surface area contributed by atoms with Crippen LogP contribution in [0.25, 0.3) is 0 Å². The Morgan fingerprint density at radius 2 is 2.21 bits per heavy atom. The lowest BCUT2D eigenvalue weighted by Crippen LogP contribution is -2.15. The fourth-order valence-electron chi connectivity index (χ4n) is 2.29. The number of carbonyl (C=O) groups excluding carboxylic acids is 1. The normalized spacial score (nSPS) is 14.6. The van der Waals surface area contributed by atoms with Gasteiger partial charge in [0.2, 0.25) is 5.88 Å². The average molecular weight is 379 g/mol. The van der Waals surface area contributed by atoms with Crippen molar-refractivity contribution in [3.63, 3.8) is 0 Å². The number of hydrogen-bond acceptors (Lipinski definition) is 9. The van der Waals surface area contributed by atoms with Gasteiger partial charge in [0.1, 0.15) is 12.4 Å². The van der Waals surface area contributed by atoms with Gasteiger partial charge < -0.3 is 4.74 Å². The number of hydrogen-bond donors (Lipinski definition) is 0. The van der Waals surface area contributed by atoms with Gasteiger partial charge in [-0.25, -0.2) is 9.97 Å². The van der Waals surface area contributed by atoms with E-state index in [1.54, 1.807) is 18.6 Å². The van der Waals surface area contributed by atoms with Crippen LogP contribution < -0.4 is 4.74 Å². The zero-order valence-corrected chi connectivity index (χ0v) is 15.6. The number of allylic oxidation sites excluding steroid dienone is 1. The fourth-order valence-corrected chi connectivity index (χ4v) is 2.29. The minimum Gasteiger partial charge on any atom is -0.477 e. The number of carbonyl (C=O) groups is 1. The number of aromatic nitrogens is 4. The molecular formula is C19H21N7O2. The molecule has 28 heavy (non-hydrogen) atoms. The summed E-state index contributed by atoms with van der Waals surface area (Å²) < 4.78 is 5.26. The summed E-state index contributed by atoms with van der Waals surface area (Å²) in [6.45, 7) is 3.99. The van der Waals surface area contributed by atoms with Crippen molar-refractivity contribution in [2.75, 3.05) is 13.7 Å². The summed E-state index contributed by atoms with van der Waals surface area (Å²) in [5.41, 5.74) is 1.79. The molecular weight excluding hydrogens is 358 g/mol. The molecule has 0 aliphatic carbocycles. The van der Waals surface area contributed by atoms with Crippen LogP contribution in [0, 0.1) is 11.3 Å². The van der Waals surface area contributed by atoms with Crippen molar-refractivity contribution in [1.29, 1.82) is 5.26 Å². The van der Waals surface area contributed by atoms with Gasteiger partial charge in [0.05, 0.1) is 36.9 Å². The molecule has 0 spiro atoms. The van der Waals surface area contributed by atoms with Crippen molar-refractivity contribution in [1.82, 2.24) is 24.9 Å². The smallest absolute Gasteiger partial charge is 0.232 e. The second-order valence-electron chi connectivity index (χ2n) is 5.83. The van der Waals surface area contributed by atoms with Crippen LogP contribution in [0.15, 0.2) is 48.2 Å². The highest BCUT2D eigenvalue weighted by Crippen LogP contribution is 2.23. The summed E-state index contributed by atoms with van der Waals surface area (Å²) in [5, 5.41) is 14.5. The largest absolute Gasteiger partial charge is 0.477 e. The van der Waals surface area contributed by atoms with E-state index in [9.17, 15) is 4.79 Å². The van der Waals surface area contributed by atoms with Gasteiger partial charge in [0.15, 0.2) is 5.69 Å². The van der Waals surface area contributed by atoms with Crippen LogP contribution >= 0.6 is 0 Å². The predicted octanol–water partition coefficient (Wildman–Crippen LogP) is 2.10. The summed E-state index contributed by atoms with van der Waals surface area (Å²) in [7, 11) is 1.95. The zero-order chi connectivity index (χ0) is 20.2. The van der Waals surface area contributed by atoms with E-state index in [2.05, 4.69) is 31.6 Å². The molecule has 0 saturated heterocycles. The molecule has 9 heteroatoms. The molecule has 0 radical (unpaired) electrons. The third-order valence-corrected chi connectivity index (χ3v) is 3.77. The standard InChI is InChI=1S/C11H11N3O2.C8H10N4/c1-9(8-15)3-2-4-16-11-7-13-10(5-12)6-14-11;1-12-8(2-3-11-12)7-6-9-4-5-10-7/h6-8H,1-4H2;3-6,8H,2H2,1H3. The van der Waals surface area contributed by atoms with Crippen LogP contribution in [-0.2, 0) is 4.79 Å². The number of nitriles is 1. The van der Waals surface area contributed by atoms with E-state index in [1.165, 1.54) is 12.4 Å². The van der Waals surface area contributed by atoms with Crippen molar-refractivity contribution in [3.05, 3.63) is 54.5 Å². The minimum atomic E-state index is 0.252. The molecule has 1 atom stereocenters. The first-order valence-electron chi connectivity index (χ1n) is 8.63. The number of aldehydes is 1. The van der Waals surface area contributed by atoms with Gasteiger partial charge in [0.25, 0.3) is 0 Å². The first-order chi connectivity index (χ1) is 13.6. The van der Waals surface area contributed by atoms with Crippen LogP contribution in [0.5, 0.6) is 5.88 Å². The number of hydrazone groups is 1. The quantitative estimate of drug-likeness (QED) is 0.408. The van der Waals surface area contributed by atoms with E-state index in [1.807, 2.05) is 24.3 Å². The van der Waals surface area contributed by atoms with Gasteiger partial charge in [-0.2, -0.15) is 10.4 Å². The molecule has 9 nitrogen and oxygen atoms in total. The molecule has 1 aliphatic rings. The van der Waals surface area contributed by atoms with Crippen LogP contribution in [0.4, 0.5) is 0 Å². The van der Waals surface area contributed by atoms with Gasteiger partial charge in [-0.15, -0.1) is 0 Å². The molecule has 2 aromatic rings. The summed E-state index contributed by atoms with van der Waals surface area (Å²) >= 11 is 0. The minimum absolute atomic E-state index is 0.252. The monoisotopic (exact) mass is 379 g/mol. The van der Waals surface area contributed by atoms with Crippen LogP contribution in [-0.4, -0.2) is 51.1 Å². The van der Waals surface area contributed by atoms with Crippen molar-refractivity contribution in [2.24, 2.45) is 5.10 Å². The molecule has 0 bridgehead atoms. The third kappa shape index (κ3) is 6.57. The molecule has 3 heterocycles. The van der Waals surface area contributed by atoms with E-state index < -0.39 is 0 Å². The predicted molar refractivity (Wildman–Crippen MR) is 102 cm³/mol. The molecule has 2 aromatic heterocycles. The molecule has 0 saturated carbocycles. The van der Waals surface area contributed by atoms with Gasteiger partial charge in [0, 0.05) is 32.1 Å². The molecule has 0 amide bonds. The Labute approximate surface area is 163 Å². The maximum atomic E-state index is 10.2. The Balaban J connectivity index is 0.000000207. The number of ether oxygens (including phenoxy) is 1. The summed E-state index contributed by atoms with van der Waals surface area (Å²) in [6.07, 6.45) is 12.8. The topological polar surface area (TPSA) is 117 Å². The first kappa shape index (κ1) is 20.6.